The zero-order chi connectivity index (χ0) is 13.8. The number of likely N-dealkylation sites (N-methyl/N-ethyl adjacent to an activating group) is 1. The molecular formula is C16H26N2O. The average molecular weight is 262 g/mol. The van der Waals surface area contributed by atoms with E-state index in [0.717, 1.165) is 32.6 Å². The van der Waals surface area contributed by atoms with E-state index < -0.39 is 0 Å². The first-order chi connectivity index (χ1) is 9.10. The summed E-state index contributed by atoms with van der Waals surface area (Å²) in [5.74, 6) is 0. The first-order valence-corrected chi connectivity index (χ1v) is 7.19. The predicted molar refractivity (Wildman–Crippen MR) is 79.3 cm³/mol. The molecule has 0 spiro atoms. The predicted octanol–water partition coefficient (Wildman–Crippen LogP) is 1.80. The number of nitrogens with zero attached hydrogens (tertiary/aromatic N) is 2. The smallest absolute Gasteiger partial charge is 0.0446 e. The van der Waals surface area contributed by atoms with Crippen molar-refractivity contribution < 1.29 is 5.11 Å². The minimum Gasteiger partial charge on any atom is -0.396 e. The lowest BCUT2D eigenvalue weighted by Gasteiger charge is -2.39. The standard InChI is InChI=1S/C16H26N2O/c1-13-4-5-14(2)15(10-13)11-18-8-7-17(3)16(12-18)6-9-19/h4-5,10,16,19H,6-9,11-12H2,1-3H3. The Morgan fingerprint density at radius 2 is 2.05 bits per heavy atom. The lowest BCUT2D eigenvalue weighted by molar-refractivity contribution is 0.0742. The van der Waals surface area contributed by atoms with E-state index in [4.69, 9.17) is 5.11 Å². The van der Waals surface area contributed by atoms with Gasteiger partial charge in [-0.3, -0.25) is 4.90 Å². The summed E-state index contributed by atoms with van der Waals surface area (Å²) >= 11 is 0. The highest BCUT2D eigenvalue weighted by Crippen LogP contribution is 2.17. The lowest BCUT2D eigenvalue weighted by atomic mass is 10.0. The molecule has 1 atom stereocenters. The number of aryl methyl sites for hydroxylation is 2. The number of aliphatic hydroxyl groups is 1. The molecule has 0 bridgehead atoms. The van der Waals surface area contributed by atoms with Crippen LogP contribution < -0.4 is 0 Å². The Bertz CT molecular complexity index is 419. The summed E-state index contributed by atoms with van der Waals surface area (Å²) < 4.78 is 0. The molecular weight excluding hydrogens is 236 g/mol. The summed E-state index contributed by atoms with van der Waals surface area (Å²) in [7, 11) is 2.16. The van der Waals surface area contributed by atoms with E-state index in [2.05, 4.69) is 48.9 Å². The monoisotopic (exact) mass is 262 g/mol. The van der Waals surface area contributed by atoms with Gasteiger partial charge in [0.2, 0.25) is 0 Å². The van der Waals surface area contributed by atoms with Gasteiger partial charge in [-0.05, 0) is 38.4 Å². The van der Waals surface area contributed by atoms with Crippen molar-refractivity contribution in [2.75, 3.05) is 33.3 Å². The zero-order valence-corrected chi connectivity index (χ0v) is 12.4. The first kappa shape index (κ1) is 14.5. The van der Waals surface area contributed by atoms with E-state index in [1.807, 2.05) is 0 Å². The largest absolute Gasteiger partial charge is 0.396 e. The van der Waals surface area contributed by atoms with Crippen molar-refractivity contribution in [2.24, 2.45) is 0 Å². The summed E-state index contributed by atoms with van der Waals surface area (Å²) in [4.78, 5) is 4.89. The van der Waals surface area contributed by atoms with Crippen molar-refractivity contribution in [1.29, 1.82) is 0 Å². The van der Waals surface area contributed by atoms with Gasteiger partial charge in [-0.15, -0.1) is 0 Å². The average Bonchev–Trinajstić information content (AvgIpc) is 2.38. The normalized spacial score (nSPS) is 21.8. The Hall–Kier alpha value is -0.900. The molecule has 106 valence electrons. The number of hydrogen-bond donors (Lipinski definition) is 1. The van der Waals surface area contributed by atoms with E-state index in [0.29, 0.717) is 6.04 Å². The molecule has 1 aromatic rings. The van der Waals surface area contributed by atoms with Crippen LogP contribution in [0.3, 0.4) is 0 Å². The quantitative estimate of drug-likeness (QED) is 0.896. The van der Waals surface area contributed by atoms with Gasteiger partial charge in [-0.2, -0.15) is 0 Å². The van der Waals surface area contributed by atoms with Crippen LogP contribution in [0.1, 0.15) is 23.1 Å². The summed E-state index contributed by atoms with van der Waals surface area (Å²) in [5, 5.41) is 9.15. The van der Waals surface area contributed by atoms with E-state index in [1.54, 1.807) is 0 Å². The molecule has 1 unspecified atom stereocenters. The lowest BCUT2D eigenvalue weighted by Crippen LogP contribution is -2.51. The third kappa shape index (κ3) is 3.78. The summed E-state index contributed by atoms with van der Waals surface area (Å²) in [6, 6.07) is 7.18. The maximum atomic E-state index is 9.15. The first-order valence-electron chi connectivity index (χ1n) is 7.19. The number of rotatable bonds is 4. The molecule has 0 radical (unpaired) electrons. The highest BCUT2D eigenvalue weighted by Gasteiger charge is 2.23. The SMILES string of the molecule is Cc1ccc(C)c(CN2CCN(C)C(CCO)C2)c1. The summed E-state index contributed by atoms with van der Waals surface area (Å²) in [6.45, 7) is 8.93. The van der Waals surface area contributed by atoms with Crippen molar-refractivity contribution in [3.05, 3.63) is 34.9 Å². The molecule has 1 aliphatic rings. The van der Waals surface area contributed by atoms with Crippen LogP contribution in [0.15, 0.2) is 18.2 Å². The van der Waals surface area contributed by atoms with Gasteiger partial charge in [0.25, 0.3) is 0 Å². The molecule has 1 fully saturated rings. The van der Waals surface area contributed by atoms with Gasteiger partial charge in [0.05, 0.1) is 0 Å². The molecule has 19 heavy (non-hydrogen) atoms. The van der Waals surface area contributed by atoms with Crippen molar-refractivity contribution in [3.8, 4) is 0 Å². The maximum Gasteiger partial charge on any atom is 0.0446 e. The van der Waals surface area contributed by atoms with Crippen molar-refractivity contribution in [1.82, 2.24) is 9.80 Å². The zero-order valence-electron chi connectivity index (χ0n) is 12.4. The summed E-state index contributed by atoms with van der Waals surface area (Å²) in [6.07, 6.45) is 0.875. The molecule has 1 saturated heterocycles. The Morgan fingerprint density at radius 3 is 2.79 bits per heavy atom. The minimum absolute atomic E-state index is 0.284. The number of hydrogen-bond acceptors (Lipinski definition) is 3. The Balaban J connectivity index is 2.01. The second-order valence-electron chi connectivity index (χ2n) is 5.81. The molecule has 2 rings (SSSR count). The molecule has 1 N–H and O–H groups in total. The van der Waals surface area contributed by atoms with Crippen LogP contribution in [0.4, 0.5) is 0 Å². The van der Waals surface area contributed by atoms with Crippen LogP contribution >= 0.6 is 0 Å². The molecule has 1 aliphatic heterocycles. The van der Waals surface area contributed by atoms with Gasteiger partial charge < -0.3 is 10.0 Å². The molecule has 0 aromatic heterocycles. The number of aliphatic hydroxyl groups excluding tert-OH is 1. The van der Waals surface area contributed by atoms with Crippen LogP contribution in [-0.4, -0.2) is 54.2 Å². The van der Waals surface area contributed by atoms with Crippen LogP contribution in [0, 0.1) is 13.8 Å². The van der Waals surface area contributed by atoms with Gasteiger partial charge in [0.1, 0.15) is 0 Å². The van der Waals surface area contributed by atoms with Gasteiger partial charge in [0, 0.05) is 38.8 Å². The summed E-state index contributed by atoms with van der Waals surface area (Å²) in [5.41, 5.74) is 4.15. The van der Waals surface area contributed by atoms with Gasteiger partial charge in [0.15, 0.2) is 0 Å². The molecule has 3 heteroatoms. The third-order valence-electron chi connectivity index (χ3n) is 4.22. The highest BCUT2D eigenvalue weighted by atomic mass is 16.3. The third-order valence-corrected chi connectivity index (χ3v) is 4.22. The van der Waals surface area contributed by atoms with Gasteiger partial charge >= 0.3 is 0 Å². The van der Waals surface area contributed by atoms with Gasteiger partial charge in [-0.1, -0.05) is 23.8 Å². The fourth-order valence-electron chi connectivity index (χ4n) is 2.83. The Kier molecular flexibility index (Phi) is 4.97. The van der Waals surface area contributed by atoms with Crippen molar-refractivity contribution >= 4 is 0 Å². The molecule has 0 amide bonds. The Labute approximate surface area is 116 Å². The van der Waals surface area contributed by atoms with Crippen LogP contribution in [0.25, 0.3) is 0 Å². The fraction of sp³-hybridized carbons (Fsp3) is 0.625. The second kappa shape index (κ2) is 6.51. The maximum absolute atomic E-state index is 9.15. The Morgan fingerprint density at radius 1 is 1.26 bits per heavy atom. The second-order valence-corrected chi connectivity index (χ2v) is 5.81. The molecule has 0 saturated carbocycles. The minimum atomic E-state index is 0.284. The van der Waals surface area contributed by atoms with E-state index in [9.17, 15) is 0 Å². The van der Waals surface area contributed by atoms with Crippen LogP contribution in [0.2, 0.25) is 0 Å². The molecule has 1 aromatic carbocycles. The van der Waals surface area contributed by atoms with E-state index in [1.165, 1.54) is 16.7 Å². The number of piperazine rings is 1. The van der Waals surface area contributed by atoms with Crippen LogP contribution in [0.5, 0.6) is 0 Å². The topological polar surface area (TPSA) is 26.7 Å². The molecule has 3 nitrogen and oxygen atoms in total. The number of benzene rings is 1. The van der Waals surface area contributed by atoms with E-state index in [-0.39, 0.29) is 6.61 Å². The fourth-order valence-corrected chi connectivity index (χ4v) is 2.83. The molecule has 1 heterocycles. The van der Waals surface area contributed by atoms with Crippen molar-refractivity contribution in [3.63, 3.8) is 0 Å². The highest BCUT2D eigenvalue weighted by molar-refractivity contribution is 5.30. The van der Waals surface area contributed by atoms with Crippen LogP contribution in [-0.2, 0) is 6.54 Å². The van der Waals surface area contributed by atoms with Gasteiger partial charge in [-0.25, -0.2) is 0 Å². The molecule has 0 aliphatic carbocycles. The van der Waals surface area contributed by atoms with E-state index >= 15 is 0 Å². The van der Waals surface area contributed by atoms with Crippen molar-refractivity contribution in [2.45, 2.75) is 32.9 Å².